The molecule has 2 fully saturated rings. The molecule has 40 heavy (non-hydrogen) atoms. The Bertz CT molecular complexity index is 1620. The van der Waals surface area contributed by atoms with Gasteiger partial charge in [0.25, 0.3) is 0 Å². The number of halogens is 6. The van der Waals surface area contributed by atoms with E-state index in [4.69, 9.17) is 9.47 Å². The van der Waals surface area contributed by atoms with Crippen LogP contribution in [0.3, 0.4) is 0 Å². The van der Waals surface area contributed by atoms with Crippen LogP contribution < -0.4 is 9.47 Å². The number of rotatable bonds is 6. The van der Waals surface area contributed by atoms with Crippen molar-refractivity contribution in [2.45, 2.75) is 37.1 Å². The zero-order valence-corrected chi connectivity index (χ0v) is 20.8. The van der Waals surface area contributed by atoms with Gasteiger partial charge in [-0.1, -0.05) is 24.3 Å². The number of pyridine rings is 1. The summed E-state index contributed by atoms with van der Waals surface area (Å²) in [6.07, 6.45) is -3.00. The summed E-state index contributed by atoms with van der Waals surface area (Å²) in [5, 5.41) is 10.1. The highest BCUT2D eigenvalue weighted by Gasteiger charge is 2.49. The lowest BCUT2D eigenvalue weighted by Crippen LogP contribution is -2.43. The van der Waals surface area contributed by atoms with Crippen LogP contribution >= 0.6 is 0 Å². The van der Waals surface area contributed by atoms with Gasteiger partial charge in [-0.3, -0.25) is 9.88 Å². The molecule has 0 bridgehead atoms. The van der Waals surface area contributed by atoms with Crippen LogP contribution in [-0.4, -0.2) is 69.1 Å². The average Bonchev–Trinajstić information content (AvgIpc) is 3.44. The third-order valence-corrected chi connectivity index (χ3v) is 7.45. The highest BCUT2D eigenvalue weighted by atomic mass is 19.4. The lowest BCUT2D eigenvalue weighted by Gasteiger charge is -2.30. The van der Waals surface area contributed by atoms with Gasteiger partial charge in [-0.15, -0.1) is 0 Å². The fraction of sp³-hybridized carbons (Fsp3) is 0.370. The Balaban J connectivity index is 1.45. The summed E-state index contributed by atoms with van der Waals surface area (Å²) in [7, 11) is 0. The van der Waals surface area contributed by atoms with Crippen LogP contribution in [0.25, 0.3) is 32.9 Å². The molecular weight excluding hydrogens is 542 g/mol. The van der Waals surface area contributed by atoms with Crippen molar-refractivity contribution < 1.29 is 40.9 Å². The summed E-state index contributed by atoms with van der Waals surface area (Å²) in [5.41, 5.74) is -1.36. The molecule has 210 valence electrons. The Morgan fingerprint density at radius 1 is 1.05 bits per heavy atom. The highest BCUT2D eigenvalue weighted by molar-refractivity contribution is 5.99. The maximum Gasteiger partial charge on any atom is 0.422 e. The molecule has 2 aliphatic heterocycles. The van der Waals surface area contributed by atoms with E-state index in [1.54, 1.807) is 12.1 Å². The molecule has 0 spiro atoms. The van der Waals surface area contributed by atoms with Gasteiger partial charge in [-0.25, -0.2) is 13.2 Å². The topological polar surface area (TPSA) is 80.6 Å². The number of aromatic hydroxyl groups is 1. The minimum Gasteiger partial charge on any atom is -0.505 e. The van der Waals surface area contributed by atoms with Crippen molar-refractivity contribution in [3.8, 4) is 28.9 Å². The van der Waals surface area contributed by atoms with Crippen molar-refractivity contribution >= 4 is 21.7 Å². The van der Waals surface area contributed by atoms with Crippen LogP contribution in [-0.2, 0) is 0 Å². The van der Waals surface area contributed by atoms with Gasteiger partial charge < -0.3 is 14.6 Å². The van der Waals surface area contributed by atoms with Crippen molar-refractivity contribution in [2.24, 2.45) is 0 Å². The molecule has 2 saturated heterocycles. The molecule has 7 nitrogen and oxygen atoms in total. The van der Waals surface area contributed by atoms with Crippen LogP contribution in [0.4, 0.5) is 26.3 Å². The molecule has 0 unspecified atom stereocenters. The summed E-state index contributed by atoms with van der Waals surface area (Å²) >= 11 is 0. The van der Waals surface area contributed by atoms with Gasteiger partial charge in [0.15, 0.2) is 24.0 Å². The number of aromatic nitrogens is 3. The van der Waals surface area contributed by atoms with Gasteiger partial charge in [0, 0.05) is 30.1 Å². The van der Waals surface area contributed by atoms with E-state index in [2.05, 4.69) is 15.0 Å². The molecule has 6 rings (SSSR count). The Morgan fingerprint density at radius 2 is 1.82 bits per heavy atom. The highest BCUT2D eigenvalue weighted by Crippen LogP contribution is 2.41. The number of benzene rings is 2. The number of phenolic OH excluding ortho intramolecular Hbond substituents is 1. The number of hydrogen-bond donors (Lipinski definition) is 1. The SMILES string of the molecule is Oc1cc(-c2ncc3c(OCC(F)(F)F)nc(OC[C@@]45CCCN4C[C@H](F)C5)nc3c2F)c2ccccc2c1F. The number of nitrogens with zero attached hydrogens (tertiary/aromatic N) is 4. The lowest BCUT2D eigenvalue weighted by atomic mass is 9.95. The number of ether oxygens (including phenoxy) is 2. The van der Waals surface area contributed by atoms with Gasteiger partial charge >= 0.3 is 12.2 Å². The van der Waals surface area contributed by atoms with E-state index in [-0.39, 0.29) is 47.0 Å². The maximum absolute atomic E-state index is 16.0. The van der Waals surface area contributed by atoms with Crippen LogP contribution in [0.2, 0.25) is 0 Å². The van der Waals surface area contributed by atoms with Crippen molar-refractivity contribution in [3.63, 3.8) is 0 Å². The quantitative estimate of drug-likeness (QED) is 0.300. The molecule has 0 amide bonds. The monoisotopic (exact) mass is 564 g/mol. The normalized spacial score (nSPS) is 21.3. The first-order valence-electron chi connectivity index (χ1n) is 12.5. The second kappa shape index (κ2) is 9.65. The molecule has 0 radical (unpaired) electrons. The second-order valence-electron chi connectivity index (χ2n) is 10.1. The molecule has 0 aliphatic carbocycles. The molecule has 1 N–H and O–H groups in total. The number of fused-ring (bicyclic) bond motifs is 3. The third kappa shape index (κ3) is 4.61. The van der Waals surface area contributed by atoms with E-state index in [0.29, 0.717) is 13.0 Å². The summed E-state index contributed by atoms with van der Waals surface area (Å²) in [6.45, 7) is -0.818. The zero-order valence-electron chi connectivity index (χ0n) is 20.8. The van der Waals surface area contributed by atoms with Gasteiger partial charge in [0.05, 0.1) is 10.9 Å². The van der Waals surface area contributed by atoms with Crippen LogP contribution in [0.5, 0.6) is 17.6 Å². The molecule has 13 heteroatoms. The summed E-state index contributed by atoms with van der Waals surface area (Å²) < 4.78 is 94.3. The smallest absolute Gasteiger partial charge is 0.422 e. The minimum atomic E-state index is -4.71. The summed E-state index contributed by atoms with van der Waals surface area (Å²) in [4.78, 5) is 14.1. The molecular formula is C27H22F6N4O3. The predicted molar refractivity (Wildman–Crippen MR) is 132 cm³/mol. The second-order valence-corrected chi connectivity index (χ2v) is 10.1. The van der Waals surface area contributed by atoms with Gasteiger partial charge in [0.2, 0.25) is 5.88 Å². The van der Waals surface area contributed by atoms with Crippen LogP contribution in [0, 0.1) is 11.6 Å². The Hall–Kier alpha value is -3.87. The number of phenols is 1. The first kappa shape index (κ1) is 26.4. The Labute approximate surface area is 223 Å². The molecule has 2 aliphatic rings. The molecule has 4 heterocycles. The Kier molecular flexibility index (Phi) is 6.36. The fourth-order valence-electron chi connectivity index (χ4n) is 5.69. The van der Waals surface area contributed by atoms with Crippen LogP contribution in [0.1, 0.15) is 19.3 Å². The van der Waals surface area contributed by atoms with Crippen molar-refractivity contribution in [1.82, 2.24) is 19.9 Å². The van der Waals surface area contributed by atoms with E-state index >= 15 is 4.39 Å². The Morgan fingerprint density at radius 3 is 2.60 bits per heavy atom. The molecule has 4 aromatic rings. The van der Waals surface area contributed by atoms with E-state index < -0.39 is 59.3 Å². The van der Waals surface area contributed by atoms with Crippen molar-refractivity contribution in [2.75, 3.05) is 26.3 Å². The van der Waals surface area contributed by atoms with Gasteiger partial charge in [-0.05, 0) is 30.8 Å². The van der Waals surface area contributed by atoms with E-state index in [9.17, 15) is 27.1 Å². The maximum atomic E-state index is 16.0. The van der Waals surface area contributed by atoms with Gasteiger partial charge in [-0.2, -0.15) is 23.1 Å². The van der Waals surface area contributed by atoms with Crippen molar-refractivity contribution in [3.05, 3.63) is 48.2 Å². The van der Waals surface area contributed by atoms with Gasteiger partial charge in [0.1, 0.15) is 24.0 Å². The first-order valence-corrected chi connectivity index (χ1v) is 12.5. The van der Waals surface area contributed by atoms with E-state index in [1.165, 1.54) is 12.1 Å². The standard InChI is InChI=1S/C27H22F6N4O3/c28-14-9-26(6-3-7-37(26)11-14)12-40-25-35-23-18(24(36-25)39-13-27(31,32)33)10-34-22(21(23)30)17-8-19(38)20(29)16-5-2-1-4-15(16)17/h1-2,4-5,8,10,14,38H,3,6-7,9,11-13H2/t14-,26+/m1/s1. The lowest BCUT2D eigenvalue weighted by molar-refractivity contribution is -0.153. The zero-order chi connectivity index (χ0) is 28.2. The predicted octanol–water partition coefficient (Wildman–Crippen LogP) is 5.73. The number of alkyl halides is 4. The van der Waals surface area contributed by atoms with Crippen LogP contribution in [0.15, 0.2) is 36.5 Å². The summed E-state index contributed by atoms with van der Waals surface area (Å²) in [5.74, 6) is -3.30. The third-order valence-electron chi connectivity index (χ3n) is 7.45. The van der Waals surface area contributed by atoms with Crippen molar-refractivity contribution in [1.29, 1.82) is 0 Å². The summed E-state index contributed by atoms with van der Waals surface area (Å²) in [6, 6.07) is 6.61. The molecule has 2 atom stereocenters. The number of hydrogen-bond acceptors (Lipinski definition) is 7. The first-order chi connectivity index (χ1) is 19.0. The largest absolute Gasteiger partial charge is 0.505 e. The average molecular weight is 564 g/mol. The van der Waals surface area contributed by atoms with E-state index in [0.717, 1.165) is 18.7 Å². The van der Waals surface area contributed by atoms with E-state index in [1.807, 2.05) is 4.90 Å². The fourth-order valence-corrected chi connectivity index (χ4v) is 5.69. The molecule has 2 aromatic carbocycles. The molecule has 0 saturated carbocycles. The molecule has 2 aromatic heterocycles. The minimum absolute atomic E-state index is 0.0165.